The Labute approximate surface area is 95.2 Å². The highest BCUT2D eigenvalue weighted by atomic mass is 32.1. The van der Waals surface area contributed by atoms with E-state index in [4.69, 9.17) is 4.74 Å². The highest BCUT2D eigenvalue weighted by Crippen LogP contribution is 2.07. The molecular formula is C11H15NO2S. The Kier molecular flexibility index (Phi) is 5.70. The molecule has 1 N–H and O–H groups in total. The third-order valence-electron chi connectivity index (χ3n) is 1.78. The normalized spacial score (nSPS) is 9.67. The summed E-state index contributed by atoms with van der Waals surface area (Å²) in [6.07, 6.45) is 0.453. The summed E-state index contributed by atoms with van der Waals surface area (Å²) in [6.45, 7) is 1.02. The molecule has 1 aromatic carbocycles. The molecule has 0 aromatic heterocycles. The Bertz CT molecular complexity index is 290. The second-order valence-electron chi connectivity index (χ2n) is 2.99. The summed E-state index contributed by atoms with van der Waals surface area (Å²) in [5.74, 6) is 1.41. The Hall–Kier alpha value is -1.16. The zero-order valence-corrected chi connectivity index (χ0v) is 9.37. The summed E-state index contributed by atoms with van der Waals surface area (Å²) >= 11 is 3.97. The smallest absolute Gasteiger partial charge is 0.220 e. The van der Waals surface area contributed by atoms with Gasteiger partial charge in [0, 0.05) is 6.42 Å². The minimum Gasteiger partial charge on any atom is -0.492 e. The van der Waals surface area contributed by atoms with Gasteiger partial charge in [0.2, 0.25) is 5.91 Å². The molecule has 1 amide bonds. The fourth-order valence-corrected chi connectivity index (χ4v) is 1.27. The first-order chi connectivity index (χ1) is 7.33. The van der Waals surface area contributed by atoms with Gasteiger partial charge in [0.15, 0.2) is 0 Å². The number of benzene rings is 1. The first kappa shape index (κ1) is 11.9. The zero-order chi connectivity index (χ0) is 10.9. The number of ether oxygens (including phenoxy) is 1. The lowest BCUT2D eigenvalue weighted by Gasteiger charge is -2.06. The predicted octanol–water partition coefficient (Wildman–Crippen LogP) is 1.50. The summed E-state index contributed by atoms with van der Waals surface area (Å²) in [5, 5.41) is 2.74. The van der Waals surface area contributed by atoms with Crippen LogP contribution in [-0.4, -0.2) is 24.8 Å². The van der Waals surface area contributed by atoms with E-state index < -0.39 is 0 Å². The second-order valence-corrected chi connectivity index (χ2v) is 3.43. The molecular weight excluding hydrogens is 210 g/mol. The molecule has 3 nitrogen and oxygen atoms in total. The van der Waals surface area contributed by atoms with Crippen molar-refractivity contribution in [2.24, 2.45) is 0 Å². The van der Waals surface area contributed by atoms with Crippen LogP contribution < -0.4 is 10.1 Å². The van der Waals surface area contributed by atoms with E-state index in [1.54, 1.807) is 0 Å². The van der Waals surface area contributed by atoms with Crippen molar-refractivity contribution in [3.63, 3.8) is 0 Å². The molecule has 0 unspecified atom stereocenters. The highest BCUT2D eigenvalue weighted by Gasteiger charge is 1.97. The van der Waals surface area contributed by atoms with Gasteiger partial charge in [0.05, 0.1) is 6.54 Å². The maximum Gasteiger partial charge on any atom is 0.220 e. The van der Waals surface area contributed by atoms with Gasteiger partial charge in [-0.2, -0.15) is 12.6 Å². The van der Waals surface area contributed by atoms with Crippen LogP contribution in [0.2, 0.25) is 0 Å². The molecule has 0 saturated heterocycles. The minimum absolute atomic E-state index is 0.0154. The molecule has 0 heterocycles. The second kappa shape index (κ2) is 7.17. The van der Waals surface area contributed by atoms with E-state index >= 15 is 0 Å². The quantitative estimate of drug-likeness (QED) is 0.569. The van der Waals surface area contributed by atoms with E-state index in [0.29, 0.717) is 25.3 Å². The molecule has 82 valence electrons. The Morgan fingerprint density at radius 1 is 1.33 bits per heavy atom. The molecule has 1 aromatic rings. The molecule has 4 heteroatoms. The number of hydrogen-bond acceptors (Lipinski definition) is 3. The Morgan fingerprint density at radius 2 is 2.07 bits per heavy atom. The van der Waals surface area contributed by atoms with Gasteiger partial charge in [-0.25, -0.2) is 0 Å². The van der Waals surface area contributed by atoms with Crippen molar-refractivity contribution >= 4 is 18.5 Å². The van der Waals surface area contributed by atoms with Gasteiger partial charge < -0.3 is 10.1 Å². The van der Waals surface area contributed by atoms with E-state index in [0.717, 1.165) is 5.75 Å². The number of hydrogen-bond donors (Lipinski definition) is 2. The van der Waals surface area contributed by atoms with Crippen LogP contribution in [0.4, 0.5) is 0 Å². The molecule has 0 radical (unpaired) electrons. The van der Waals surface area contributed by atoms with Crippen molar-refractivity contribution in [1.82, 2.24) is 5.32 Å². The van der Waals surface area contributed by atoms with E-state index in [1.165, 1.54) is 0 Å². The maximum absolute atomic E-state index is 11.0. The Morgan fingerprint density at radius 3 is 2.73 bits per heavy atom. The van der Waals surface area contributed by atoms with Crippen molar-refractivity contribution in [2.45, 2.75) is 6.42 Å². The molecule has 0 bridgehead atoms. The Balaban J connectivity index is 2.10. The SMILES string of the molecule is O=C(CCS)NCCOc1ccccc1. The minimum atomic E-state index is 0.0154. The van der Waals surface area contributed by atoms with Crippen LogP contribution in [0, 0.1) is 0 Å². The van der Waals surface area contributed by atoms with Crippen molar-refractivity contribution in [1.29, 1.82) is 0 Å². The van der Waals surface area contributed by atoms with Crippen molar-refractivity contribution in [3.8, 4) is 5.75 Å². The van der Waals surface area contributed by atoms with E-state index in [2.05, 4.69) is 17.9 Å². The van der Waals surface area contributed by atoms with Gasteiger partial charge in [0.25, 0.3) is 0 Å². The summed E-state index contributed by atoms with van der Waals surface area (Å²) in [4.78, 5) is 11.0. The number of carbonyl (C=O) groups excluding carboxylic acids is 1. The lowest BCUT2D eigenvalue weighted by molar-refractivity contribution is -0.120. The van der Waals surface area contributed by atoms with Crippen LogP contribution in [-0.2, 0) is 4.79 Å². The number of carbonyl (C=O) groups is 1. The molecule has 0 fully saturated rings. The lowest BCUT2D eigenvalue weighted by Crippen LogP contribution is -2.28. The molecule has 0 aliphatic heterocycles. The summed E-state index contributed by atoms with van der Waals surface area (Å²) in [5.41, 5.74) is 0. The van der Waals surface area contributed by atoms with Gasteiger partial charge in [-0.05, 0) is 17.9 Å². The van der Waals surface area contributed by atoms with Crippen LogP contribution in [0.1, 0.15) is 6.42 Å². The molecule has 1 rings (SSSR count). The fraction of sp³-hybridized carbons (Fsp3) is 0.364. The van der Waals surface area contributed by atoms with E-state index in [1.807, 2.05) is 30.3 Å². The maximum atomic E-state index is 11.0. The average molecular weight is 225 g/mol. The van der Waals surface area contributed by atoms with Crippen molar-refractivity contribution in [3.05, 3.63) is 30.3 Å². The van der Waals surface area contributed by atoms with E-state index in [9.17, 15) is 4.79 Å². The van der Waals surface area contributed by atoms with Crippen LogP contribution >= 0.6 is 12.6 Å². The van der Waals surface area contributed by atoms with Gasteiger partial charge in [-0.15, -0.1) is 0 Å². The number of para-hydroxylation sites is 1. The van der Waals surface area contributed by atoms with Crippen LogP contribution in [0.25, 0.3) is 0 Å². The fourth-order valence-electron chi connectivity index (χ4n) is 1.07. The van der Waals surface area contributed by atoms with Crippen LogP contribution in [0.15, 0.2) is 30.3 Å². The standard InChI is InChI=1S/C11H15NO2S/c13-11(6-9-15)12-7-8-14-10-4-2-1-3-5-10/h1-5,15H,6-9H2,(H,12,13). The first-order valence-electron chi connectivity index (χ1n) is 4.88. The van der Waals surface area contributed by atoms with Gasteiger partial charge in [0.1, 0.15) is 12.4 Å². The number of amides is 1. The summed E-state index contributed by atoms with van der Waals surface area (Å²) < 4.78 is 5.40. The highest BCUT2D eigenvalue weighted by molar-refractivity contribution is 7.80. The third kappa shape index (κ3) is 5.32. The number of rotatable bonds is 6. The monoisotopic (exact) mass is 225 g/mol. The molecule has 15 heavy (non-hydrogen) atoms. The lowest BCUT2D eigenvalue weighted by atomic mass is 10.3. The predicted molar refractivity (Wildman–Crippen MR) is 63.4 cm³/mol. The average Bonchev–Trinajstić information content (AvgIpc) is 2.26. The summed E-state index contributed by atoms with van der Waals surface area (Å²) in [6, 6.07) is 9.52. The summed E-state index contributed by atoms with van der Waals surface area (Å²) in [7, 11) is 0. The van der Waals surface area contributed by atoms with Crippen molar-refractivity contribution < 1.29 is 9.53 Å². The third-order valence-corrected chi connectivity index (χ3v) is 2.00. The first-order valence-corrected chi connectivity index (χ1v) is 5.51. The van der Waals surface area contributed by atoms with Gasteiger partial charge >= 0.3 is 0 Å². The van der Waals surface area contributed by atoms with Crippen LogP contribution in [0.5, 0.6) is 5.75 Å². The van der Waals surface area contributed by atoms with Gasteiger partial charge in [-0.1, -0.05) is 18.2 Å². The van der Waals surface area contributed by atoms with Gasteiger partial charge in [-0.3, -0.25) is 4.79 Å². The molecule has 0 atom stereocenters. The molecule has 0 aliphatic carbocycles. The number of nitrogens with one attached hydrogen (secondary N) is 1. The molecule has 0 aliphatic rings. The molecule has 0 saturated carbocycles. The largest absolute Gasteiger partial charge is 0.492 e. The molecule has 0 spiro atoms. The van der Waals surface area contributed by atoms with Crippen LogP contribution in [0.3, 0.4) is 0 Å². The zero-order valence-electron chi connectivity index (χ0n) is 8.48. The topological polar surface area (TPSA) is 38.3 Å². The van der Waals surface area contributed by atoms with E-state index in [-0.39, 0.29) is 5.91 Å². The number of thiol groups is 1. The van der Waals surface area contributed by atoms with Crippen molar-refractivity contribution in [2.75, 3.05) is 18.9 Å².